The smallest absolute Gasteiger partial charge is 0.237 e. The van der Waals surface area contributed by atoms with Crippen LogP contribution in [-0.4, -0.2) is 62.8 Å². The van der Waals surface area contributed by atoms with Gasteiger partial charge in [0.05, 0.1) is 12.6 Å². The monoisotopic (exact) mass is 341 g/mol. The van der Waals surface area contributed by atoms with Gasteiger partial charge in [0, 0.05) is 30.7 Å². The highest BCUT2D eigenvalue weighted by Gasteiger charge is 2.32. The van der Waals surface area contributed by atoms with Crippen LogP contribution in [-0.2, 0) is 4.79 Å². The lowest BCUT2D eigenvalue weighted by Crippen LogP contribution is -2.37. The van der Waals surface area contributed by atoms with Gasteiger partial charge in [-0.2, -0.15) is 0 Å². The summed E-state index contributed by atoms with van der Waals surface area (Å²) in [6.45, 7) is 3.06. The molecule has 1 amide bonds. The molecule has 1 aliphatic heterocycles. The molecule has 2 aromatic rings. The first-order chi connectivity index (χ1) is 12.0. The van der Waals surface area contributed by atoms with E-state index >= 15 is 0 Å². The van der Waals surface area contributed by atoms with E-state index in [1.165, 1.54) is 0 Å². The Morgan fingerprint density at radius 2 is 2.08 bits per heavy atom. The number of aromatic nitrogens is 4. The van der Waals surface area contributed by atoms with Gasteiger partial charge in [0.1, 0.15) is 5.82 Å². The number of hydrogen-bond acceptors (Lipinski definition) is 7. The van der Waals surface area contributed by atoms with E-state index in [2.05, 4.69) is 25.3 Å². The molecule has 1 aliphatic rings. The number of likely N-dealkylation sites (tertiary alicyclic amines) is 1. The van der Waals surface area contributed by atoms with Crippen LogP contribution >= 0.6 is 0 Å². The molecule has 0 saturated carbocycles. The molecule has 2 aromatic heterocycles. The number of nitrogens with zero attached hydrogens (tertiary/aromatic N) is 6. The molecule has 0 spiro atoms. The number of carbonyl (C=O) groups is 1. The lowest BCUT2D eigenvalue weighted by Gasteiger charge is -2.25. The van der Waals surface area contributed by atoms with Gasteiger partial charge in [-0.15, -0.1) is 0 Å². The number of aryl methyl sites for hydroxylation is 1. The van der Waals surface area contributed by atoms with Gasteiger partial charge in [-0.1, -0.05) is 0 Å². The Morgan fingerprint density at radius 3 is 2.80 bits per heavy atom. The fourth-order valence-corrected chi connectivity index (χ4v) is 2.98. The summed E-state index contributed by atoms with van der Waals surface area (Å²) in [6, 6.07) is 3.53. The van der Waals surface area contributed by atoms with Crippen LogP contribution in [0.25, 0.3) is 0 Å². The molecule has 0 unspecified atom stereocenters. The first kappa shape index (κ1) is 17.2. The molecule has 1 saturated heterocycles. The van der Waals surface area contributed by atoms with Gasteiger partial charge in [0.2, 0.25) is 11.9 Å². The van der Waals surface area contributed by atoms with Crippen LogP contribution < -0.4 is 5.32 Å². The summed E-state index contributed by atoms with van der Waals surface area (Å²) in [5.41, 5.74) is 0.843. The second kappa shape index (κ2) is 7.52. The molecule has 25 heavy (non-hydrogen) atoms. The predicted molar refractivity (Wildman–Crippen MR) is 94.3 cm³/mol. The zero-order valence-electron chi connectivity index (χ0n) is 14.8. The number of anilines is 2. The molecule has 0 radical (unpaired) electrons. The molecule has 1 fully saturated rings. The van der Waals surface area contributed by atoms with E-state index in [4.69, 9.17) is 0 Å². The largest absolute Gasteiger partial charge is 0.331 e. The Hall–Kier alpha value is -2.61. The third-order valence-corrected chi connectivity index (χ3v) is 4.00. The van der Waals surface area contributed by atoms with E-state index in [0.717, 1.165) is 25.1 Å². The summed E-state index contributed by atoms with van der Waals surface area (Å²) in [5.74, 6) is 1.90. The summed E-state index contributed by atoms with van der Waals surface area (Å²) in [7, 11) is 3.79. The molecule has 8 nitrogen and oxygen atoms in total. The molecule has 0 aromatic carbocycles. The van der Waals surface area contributed by atoms with Crippen molar-refractivity contribution in [2.24, 2.45) is 0 Å². The van der Waals surface area contributed by atoms with Crippen LogP contribution in [0.2, 0.25) is 0 Å². The molecular weight excluding hydrogens is 318 g/mol. The van der Waals surface area contributed by atoms with Crippen molar-refractivity contribution in [3.63, 3.8) is 0 Å². The van der Waals surface area contributed by atoms with Crippen LogP contribution in [0.1, 0.15) is 30.4 Å². The third kappa shape index (κ3) is 4.27. The number of nitrogens with one attached hydrogen (secondary N) is 1. The highest BCUT2D eigenvalue weighted by atomic mass is 16.2. The van der Waals surface area contributed by atoms with Crippen molar-refractivity contribution in [2.75, 3.05) is 32.5 Å². The van der Waals surface area contributed by atoms with E-state index in [1.807, 2.05) is 36.9 Å². The van der Waals surface area contributed by atoms with Crippen LogP contribution in [0.15, 0.2) is 24.5 Å². The van der Waals surface area contributed by atoms with Crippen molar-refractivity contribution in [3.8, 4) is 0 Å². The van der Waals surface area contributed by atoms with Gasteiger partial charge in [0.15, 0.2) is 5.82 Å². The van der Waals surface area contributed by atoms with E-state index < -0.39 is 0 Å². The summed E-state index contributed by atoms with van der Waals surface area (Å²) < 4.78 is 0. The minimum Gasteiger partial charge on any atom is -0.331 e. The summed E-state index contributed by atoms with van der Waals surface area (Å²) in [5, 5.41) is 3.10. The molecule has 3 heterocycles. The zero-order valence-corrected chi connectivity index (χ0v) is 14.8. The molecular formula is C17H23N7O. The molecule has 0 aliphatic carbocycles. The molecule has 0 bridgehead atoms. The highest BCUT2D eigenvalue weighted by molar-refractivity contribution is 5.79. The Bertz CT molecular complexity index is 735. The summed E-state index contributed by atoms with van der Waals surface area (Å²) in [4.78, 5) is 33.8. The number of likely N-dealkylation sites (N-methyl/N-ethyl adjacent to an activating group) is 1. The second-order valence-electron chi connectivity index (χ2n) is 6.43. The standard InChI is InChI=1S/C17H23N7O/c1-12-10-14(22-17-18-7-5-8-19-17)21-16(20-12)13-6-4-9-24(13)15(25)11-23(2)3/h5,7-8,10,13H,4,6,9,11H2,1-3H3,(H,18,19,20,21,22)/t13-/m1/s1. The highest BCUT2D eigenvalue weighted by Crippen LogP contribution is 2.30. The topological polar surface area (TPSA) is 87.1 Å². The van der Waals surface area contributed by atoms with E-state index in [0.29, 0.717) is 24.1 Å². The number of carbonyl (C=O) groups excluding carboxylic acids is 1. The molecule has 1 N–H and O–H groups in total. The number of hydrogen-bond donors (Lipinski definition) is 1. The quantitative estimate of drug-likeness (QED) is 0.882. The van der Waals surface area contributed by atoms with Crippen molar-refractivity contribution in [1.82, 2.24) is 29.7 Å². The van der Waals surface area contributed by atoms with Gasteiger partial charge < -0.3 is 15.1 Å². The van der Waals surface area contributed by atoms with Gasteiger partial charge in [-0.3, -0.25) is 4.79 Å². The Balaban J connectivity index is 1.82. The van der Waals surface area contributed by atoms with Gasteiger partial charge >= 0.3 is 0 Å². The lowest BCUT2D eigenvalue weighted by molar-refractivity contribution is -0.132. The van der Waals surface area contributed by atoms with Crippen molar-refractivity contribution < 1.29 is 4.79 Å². The third-order valence-electron chi connectivity index (χ3n) is 4.00. The first-order valence-electron chi connectivity index (χ1n) is 8.37. The fraction of sp³-hybridized carbons (Fsp3) is 0.471. The lowest BCUT2D eigenvalue weighted by atomic mass is 10.2. The van der Waals surface area contributed by atoms with Crippen LogP contribution in [0.3, 0.4) is 0 Å². The van der Waals surface area contributed by atoms with E-state index in [1.54, 1.807) is 18.5 Å². The maximum atomic E-state index is 12.5. The maximum Gasteiger partial charge on any atom is 0.237 e. The number of amides is 1. The normalized spacial score (nSPS) is 17.1. The fourth-order valence-electron chi connectivity index (χ4n) is 2.98. The summed E-state index contributed by atoms with van der Waals surface area (Å²) in [6.07, 6.45) is 5.18. The molecule has 132 valence electrons. The Morgan fingerprint density at radius 1 is 1.32 bits per heavy atom. The van der Waals surface area contributed by atoms with Gasteiger partial charge in [-0.25, -0.2) is 19.9 Å². The van der Waals surface area contributed by atoms with Crippen molar-refractivity contribution >= 4 is 17.7 Å². The van der Waals surface area contributed by atoms with Crippen molar-refractivity contribution in [3.05, 3.63) is 36.0 Å². The van der Waals surface area contributed by atoms with E-state index in [-0.39, 0.29) is 11.9 Å². The Labute approximate surface area is 147 Å². The predicted octanol–water partition coefficient (Wildman–Crippen LogP) is 1.54. The minimum atomic E-state index is -0.0791. The zero-order chi connectivity index (χ0) is 17.8. The van der Waals surface area contributed by atoms with Gasteiger partial charge in [-0.05, 0) is 39.9 Å². The van der Waals surface area contributed by atoms with Crippen LogP contribution in [0.5, 0.6) is 0 Å². The SMILES string of the molecule is Cc1cc(Nc2ncccn2)nc([C@H]2CCCN2C(=O)CN(C)C)n1. The molecule has 1 atom stereocenters. The van der Waals surface area contributed by atoms with Crippen molar-refractivity contribution in [1.29, 1.82) is 0 Å². The number of rotatable bonds is 5. The van der Waals surface area contributed by atoms with Gasteiger partial charge in [0.25, 0.3) is 0 Å². The average molecular weight is 341 g/mol. The van der Waals surface area contributed by atoms with Crippen LogP contribution in [0, 0.1) is 6.92 Å². The first-order valence-corrected chi connectivity index (χ1v) is 8.37. The second-order valence-corrected chi connectivity index (χ2v) is 6.43. The molecule has 8 heteroatoms. The van der Waals surface area contributed by atoms with Crippen molar-refractivity contribution in [2.45, 2.75) is 25.8 Å². The summed E-state index contributed by atoms with van der Waals surface area (Å²) >= 11 is 0. The average Bonchev–Trinajstić information content (AvgIpc) is 3.04. The maximum absolute atomic E-state index is 12.5. The molecule has 3 rings (SSSR count). The van der Waals surface area contributed by atoms with Crippen LogP contribution in [0.4, 0.5) is 11.8 Å². The minimum absolute atomic E-state index is 0.0791. The van der Waals surface area contributed by atoms with E-state index in [9.17, 15) is 4.79 Å². The Kier molecular flexibility index (Phi) is 5.18.